The maximum Gasteiger partial charge on any atom is 0.220 e. The molecular weight excluding hydrogens is 172 g/mol. The summed E-state index contributed by atoms with van der Waals surface area (Å²) in [6.45, 7) is 0. The van der Waals surface area contributed by atoms with Gasteiger partial charge in [0, 0.05) is 18.3 Å². The van der Waals surface area contributed by atoms with Crippen LogP contribution >= 0.6 is 0 Å². The van der Waals surface area contributed by atoms with Crippen molar-refractivity contribution >= 4 is 0 Å². The molecule has 0 bridgehead atoms. The molecule has 0 atom stereocenters. The van der Waals surface area contributed by atoms with Gasteiger partial charge in [0.05, 0.1) is 21.3 Å². The predicted molar refractivity (Wildman–Crippen MR) is 46.0 cm³/mol. The largest absolute Gasteiger partial charge is 0.496 e. The molecule has 5 heteroatoms. The maximum absolute atomic E-state index is 5.00. The third kappa shape index (κ3) is 2.79. The molecule has 1 aromatic heterocycles. The topological polar surface area (TPSA) is 71.1 Å². The average Bonchev–Trinajstić information content (AvgIpc) is 2.16. The third-order valence-corrected chi connectivity index (χ3v) is 1.41. The molecule has 0 saturated carbocycles. The summed E-state index contributed by atoms with van der Waals surface area (Å²) in [7, 11) is 4.66. The van der Waals surface area contributed by atoms with Gasteiger partial charge in [0.2, 0.25) is 11.8 Å². The number of nitrogens with zero attached hydrogens (tertiary/aromatic N) is 2. The fourth-order valence-corrected chi connectivity index (χ4v) is 0.785. The van der Waals surface area contributed by atoms with Crippen LogP contribution in [-0.2, 0) is 0 Å². The smallest absolute Gasteiger partial charge is 0.220 e. The van der Waals surface area contributed by atoms with Gasteiger partial charge in [-0.05, 0) is 0 Å². The van der Waals surface area contributed by atoms with Crippen molar-refractivity contribution in [2.75, 3.05) is 21.3 Å². The molecule has 5 nitrogen and oxygen atoms in total. The Hall–Kier alpha value is -1.49. The van der Waals surface area contributed by atoms with Crippen LogP contribution in [0, 0.1) is 0 Å². The molecule has 0 aromatic carbocycles. The summed E-state index contributed by atoms with van der Waals surface area (Å²) >= 11 is 0. The summed E-state index contributed by atoms with van der Waals surface area (Å²) in [5.74, 6) is 1.62. The Morgan fingerprint density at radius 2 is 1.38 bits per heavy atom. The first kappa shape index (κ1) is 11.5. The minimum atomic E-state index is 0. The molecule has 0 saturated heterocycles. The van der Waals surface area contributed by atoms with Crippen LogP contribution in [0.25, 0.3) is 0 Å². The summed E-state index contributed by atoms with van der Waals surface area (Å²) in [5.41, 5.74) is 0. The highest BCUT2D eigenvalue weighted by Gasteiger charge is 2.01. The second-order valence-electron chi connectivity index (χ2n) is 2.09. The Balaban J connectivity index is 0.00000144. The van der Waals surface area contributed by atoms with E-state index in [9.17, 15) is 0 Å². The van der Waals surface area contributed by atoms with Crippen LogP contribution in [-0.4, -0.2) is 26.3 Å². The van der Waals surface area contributed by atoms with E-state index in [4.69, 9.17) is 14.2 Å². The number of pyridine rings is 1. The van der Waals surface area contributed by atoms with Gasteiger partial charge in [-0.25, -0.2) is 0 Å². The number of methoxy groups -OCH3 is 3. The van der Waals surface area contributed by atoms with Crippen molar-refractivity contribution < 1.29 is 14.2 Å². The fraction of sp³-hybridized carbons (Fsp3) is 0.375. The summed E-state index contributed by atoms with van der Waals surface area (Å²) < 4.78 is 14.9. The molecule has 0 aliphatic carbocycles. The molecule has 0 fully saturated rings. The highest BCUT2D eigenvalue weighted by atomic mass is 16.5. The average molecular weight is 183 g/mol. The molecule has 0 amide bonds. The van der Waals surface area contributed by atoms with Gasteiger partial charge in [-0.15, -0.1) is 0 Å². The molecule has 1 aromatic rings. The SMILES string of the molecule is COc1cc(OC)nc(OC)c1.[N]. The van der Waals surface area contributed by atoms with Crippen LogP contribution < -0.4 is 20.4 Å². The second-order valence-corrected chi connectivity index (χ2v) is 2.09. The number of hydrogen-bond donors (Lipinski definition) is 0. The molecule has 0 aliphatic heterocycles. The number of aromatic nitrogens is 1. The van der Waals surface area contributed by atoms with Crippen molar-refractivity contribution in [2.45, 2.75) is 0 Å². The number of hydrogen-bond acceptors (Lipinski definition) is 4. The molecular formula is C8H11N2O3. The van der Waals surface area contributed by atoms with Gasteiger partial charge in [-0.1, -0.05) is 0 Å². The van der Waals surface area contributed by atoms with Crippen molar-refractivity contribution in [3.8, 4) is 17.5 Å². The van der Waals surface area contributed by atoms with E-state index in [2.05, 4.69) is 4.98 Å². The number of rotatable bonds is 3. The molecule has 1 heterocycles. The molecule has 0 unspecified atom stereocenters. The molecule has 13 heavy (non-hydrogen) atoms. The van der Waals surface area contributed by atoms with Crippen molar-refractivity contribution in [2.24, 2.45) is 0 Å². The molecule has 3 radical (unpaired) electrons. The Kier molecular flexibility index (Phi) is 4.61. The van der Waals surface area contributed by atoms with E-state index in [1.165, 1.54) is 0 Å². The lowest BCUT2D eigenvalue weighted by Gasteiger charge is -2.05. The van der Waals surface area contributed by atoms with E-state index in [-0.39, 0.29) is 6.15 Å². The zero-order valence-corrected chi connectivity index (χ0v) is 7.77. The molecule has 0 N–H and O–H groups in total. The van der Waals surface area contributed by atoms with Gasteiger partial charge < -0.3 is 14.2 Å². The molecule has 0 spiro atoms. The van der Waals surface area contributed by atoms with Crippen LogP contribution in [0.1, 0.15) is 0 Å². The van der Waals surface area contributed by atoms with Gasteiger partial charge in [0.15, 0.2) is 0 Å². The van der Waals surface area contributed by atoms with Crippen molar-refractivity contribution in [1.29, 1.82) is 0 Å². The van der Waals surface area contributed by atoms with Crippen molar-refractivity contribution in [3.05, 3.63) is 12.1 Å². The third-order valence-electron chi connectivity index (χ3n) is 1.41. The van der Waals surface area contributed by atoms with Gasteiger partial charge in [-0.2, -0.15) is 4.98 Å². The van der Waals surface area contributed by atoms with Crippen LogP contribution in [0.2, 0.25) is 0 Å². The first-order valence-electron chi connectivity index (χ1n) is 3.44. The maximum atomic E-state index is 5.00. The predicted octanol–water partition coefficient (Wildman–Crippen LogP) is 0.627. The lowest BCUT2D eigenvalue weighted by Crippen LogP contribution is -1.93. The number of ether oxygens (including phenoxy) is 3. The minimum absolute atomic E-state index is 0. The normalized spacial score (nSPS) is 8.54. The standard InChI is InChI=1S/C8H11NO3.N/c1-10-6-4-7(11-2)9-8(5-6)12-3;/h4-5H,1-3H3;. The summed E-state index contributed by atoms with van der Waals surface area (Å²) in [6, 6.07) is 3.37. The fourth-order valence-electron chi connectivity index (χ4n) is 0.785. The molecule has 0 aliphatic rings. The van der Waals surface area contributed by atoms with Gasteiger partial charge in [0.25, 0.3) is 0 Å². The minimum Gasteiger partial charge on any atom is -0.496 e. The summed E-state index contributed by atoms with van der Waals surface area (Å²) in [5, 5.41) is 0. The van der Waals surface area contributed by atoms with E-state index in [0.717, 1.165) is 0 Å². The monoisotopic (exact) mass is 183 g/mol. The Labute approximate surface area is 77.2 Å². The van der Waals surface area contributed by atoms with Crippen LogP contribution in [0.3, 0.4) is 0 Å². The van der Waals surface area contributed by atoms with Crippen LogP contribution in [0.15, 0.2) is 12.1 Å². The van der Waals surface area contributed by atoms with E-state index in [0.29, 0.717) is 17.5 Å². The van der Waals surface area contributed by atoms with Gasteiger partial charge in [0.1, 0.15) is 5.75 Å². The Morgan fingerprint density at radius 1 is 0.923 bits per heavy atom. The molecule has 1 rings (SSSR count). The van der Waals surface area contributed by atoms with Crippen molar-refractivity contribution in [3.63, 3.8) is 0 Å². The lowest BCUT2D eigenvalue weighted by molar-refractivity contribution is 0.351. The van der Waals surface area contributed by atoms with Crippen molar-refractivity contribution in [1.82, 2.24) is 11.1 Å². The Bertz CT molecular complexity index is 210. The Morgan fingerprint density at radius 3 is 1.69 bits per heavy atom. The van der Waals surface area contributed by atoms with E-state index < -0.39 is 0 Å². The highest BCUT2D eigenvalue weighted by molar-refractivity contribution is 5.33. The summed E-state index contributed by atoms with van der Waals surface area (Å²) in [4.78, 5) is 3.99. The van der Waals surface area contributed by atoms with E-state index in [1.807, 2.05) is 0 Å². The van der Waals surface area contributed by atoms with Crippen LogP contribution in [0.4, 0.5) is 0 Å². The van der Waals surface area contributed by atoms with Gasteiger partial charge in [-0.3, -0.25) is 0 Å². The quantitative estimate of drug-likeness (QED) is 0.688. The van der Waals surface area contributed by atoms with Gasteiger partial charge >= 0.3 is 0 Å². The first-order chi connectivity index (χ1) is 5.80. The highest BCUT2D eigenvalue weighted by Crippen LogP contribution is 2.22. The first-order valence-corrected chi connectivity index (χ1v) is 3.44. The second kappa shape index (κ2) is 5.21. The zero-order chi connectivity index (χ0) is 8.97. The molecule has 71 valence electrons. The summed E-state index contributed by atoms with van der Waals surface area (Å²) in [6.07, 6.45) is 0. The van der Waals surface area contributed by atoms with E-state index in [1.54, 1.807) is 33.5 Å². The lowest BCUT2D eigenvalue weighted by atomic mass is 10.4. The van der Waals surface area contributed by atoms with E-state index >= 15 is 0 Å². The van der Waals surface area contributed by atoms with Crippen LogP contribution in [0.5, 0.6) is 17.5 Å². The zero-order valence-electron chi connectivity index (χ0n) is 7.77.